The van der Waals surface area contributed by atoms with Gasteiger partial charge in [0.1, 0.15) is 5.01 Å². The van der Waals surface area contributed by atoms with E-state index in [0.717, 1.165) is 21.0 Å². The zero-order valence-electron chi connectivity index (χ0n) is 9.14. The number of methoxy groups -OCH3 is 1. The van der Waals surface area contributed by atoms with Crippen molar-refractivity contribution in [3.8, 4) is 10.6 Å². The average Bonchev–Trinajstić information content (AvgIpc) is 2.78. The molecule has 0 saturated heterocycles. The molecule has 2 aromatic rings. The van der Waals surface area contributed by atoms with Gasteiger partial charge < -0.3 is 10.5 Å². The Morgan fingerprint density at radius 3 is 3.00 bits per heavy atom. The van der Waals surface area contributed by atoms with E-state index in [1.807, 2.05) is 18.3 Å². The Kier molecular flexibility index (Phi) is 3.66. The van der Waals surface area contributed by atoms with Crippen LogP contribution < -0.4 is 5.73 Å². The van der Waals surface area contributed by atoms with Crippen LogP contribution in [0.2, 0.25) is 0 Å². The van der Waals surface area contributed by atoms with Crippen molar-refractivity contribution in [2.24, 2.45) is 5.73 Å². The highest BCUT2D eigenvalue weighted by molar-refractivity contribution is 7.15. The molecule has 0 saturated carbocycles. The fourth-order valence-electron chi connectivity index (χ4n) is 1.50. The quantitative estimate of drug-likeness (QED) is 0.883. The minimum atomic E-state index is 0.551. The predicted molar refractivity (Wildman–Crippen MR) is 66.2 cm³/mol. The maximum Gasteiger partial charge on any atom is 0.123 e. The van der Waals surface area contributed by atoms with Crippen LogP contribution in [0.4, 0.5) is 0 Å². The van der Waals surface area contributed by atoms with Crippen molar-refractivity contribution < 1.29 is 4.74 Å². The van der Waals surface area contributed by atoms with Gasteiger partial charge in [-0.05, 0) is 11.6 Å². The van der Waals surface area contributed by atoms with E-state index in [2.05, 4.69) is 17.1 Å². The number of thiazole rings is 1. The van der Waals surface area contributed by atoms with E-state index in [4.69, 9.17) is 10.5 Å². The molecule has 0 spiro atoms. The summed E-state index contributed by atoms with van der Waals surface area (Å²) in [5, 5.41) is 1.01. The SMILES string of the molecule is COCc1cccc(-c2ncc(CN)s2)c1. The van der Waals surface area contributed by atoms with Crippen molar-refractivity contribution in [2.45, 2.75) is 13.2 Å². The summed E-state index contributed by atoms with van der Waals surface area (Å²) in [6.45, 7) is 1.18. The van der Waals surface area contributed by atoms with E-state index in [1.165, 1.54) is 0 Å². The van der Waals surface area contributed by atoms with E-state index >= 15 is 0 Å². The lowest BCUT2D eigenvalue weighted by Crippen LogP contribution is -1.91. The van der Waals surface area contributed by atoms with Crippen LogP contribution in [0.25, 0.3) is 10.6 Å². The van der Waals surface area contributed by atoms with Gasteiger partial charge in [-0.2, -0.15) is 0 Å². The molecule has 84 valence electrons. The van der Waals surface area contributed by atoms with Crippen molar-refractivity contribution in [1.82, 2.24) is 4.98 Å². The van der Waals surface area contributed by atoms with E-state index in [0.29, 0.717) is 13.2 Å². The Morgan fingerprint density at radius 1 is 1.44 bits per heavy atom. The smallest absolute Gasteiger partial charge is 0.123 e. The molecule has 3 nitrogen and oxygen atoms in total. The molecule has 2 N–H and O–H groups in total. The van der Waals surface area contributed by atoms with Crippen molar-refractivity contribution in [3.05, 3.63) is 40.9 Å². The molecule has 0 aliphatic heterocycles. The Morgan fingerprint density at radius 2 is 2.31 bits per heavy atom. The maximum absolute atomic E-state index is 5.57. The van der Waals surface area contributed by atoms with Gasteiger partial charge in [-0.1, -0.05) is 18.2 Å². The number of benzene rings is 1. The lowest BCUT2D eigenvalue weighted by atomic mass is 10.1. The molecule has 0 unspecified atom stereocenters. The molecule has 0 bridgehead atoms. The summed E-state index contributed by atoms with van der Waals surface area (Å²) >= 11 is 1.64. The van der Waals surface area contributed by atoms with E-state index < -0.39 is 0 Å². The summed E-state index contributed by atoms with van der Waals surface area (Å²) in [4.78, 5) is 5.46. The number of aromatic nitrogens is 1. The molecule has 1 heterocycles. The fraction of sp³-hybridized carbons (Fsp3) is 0.250. The van der Waals surface area contributed by atoms with Gasteiger partial charge in [0.15, 0.2) is 0 Å². The van der Waals surface area contributed by atoms with Crippen LogP contribution in [0.3, 0.4) is 0 Å². The molecule has 0 radical (unpaired) electrons. The summed E-state index contributed by atoms with van der Waals surface area (Å²) in [5.74, 6) is 0. The Balaban J connectivity index is 2.28. The van der Waals surface area contributed by atoms with Crippen molar-refractivity contribution in [3.63, 3.8) is 0 Å². The Bertz CT molecular complexity index is 468. The second-order valence-corrected chi connectivity index (χ2v) is 4.58. The van der Waals surface area contributed by atoms with Gasteiger partial charge in [0.05, 0.1) is 6.61 Å². The van der Waals surface area contributed by atoms with Crippen LogP contribution in [0.5, 0.6) is 0 Å². The van der Waals surface area contributed by atoms with Crippen molar-refractivity contribution >= 4 is 11.3 Å². The topological polar surface area (TPSA) is 48.1 Å². The van der Waals surface area contributed by atoms with Gasteiger partial charge in [0.2, 0.25) is 0 Å². The van der Waals surface area contributed by atoms with Crippen LogP contribution in [0, 0.1) is 0 Å². The normalized spacial score (nSPS) is 10.6. The number of nitrogens with two attached hydrogens (primary N) is 1. The minimum Gasteiger partial charge on any atom is -0.380 e. The van der Waals surface area contributed by atoms with Gasteiger partial charge in [0, 0.05) is 30.3 Å². The number of nitrogens with zero attached hydrogens (tertiary/aromatic N) is 1. The van der Waals surface area contributed by atoms with Gasteiger partial charge in [-0.25, -0.2) is 4.98 Å². The Labute approximate surface area is 98.9 Å². The molecule has 4 heteroatoms. The summed E-state index contributed by atoms with van der Waals surface area (Å²) in [7, 11) is 1.70. The van der Waals surface area contributed by atoms with Crippen molar-refractivity contribution in [1.29, 1.82) is 0 Å². The molecule has 1 aromatic carbocycles. The Hall–Kier alpha value is -1.23. The van der Waals surface area contributed by atoms with Gasteiger partial charge in [-0.15, -0.1) is 11.3 Å². The largest absolute Gasteiger partial charge is 0.380 e. The number of hydrogen-bond acceptors (Lipinski definition) is 4. The molecule has 2 rings (SSSR count). The number of ether oxygens (including phenoxy) is 1. The third-order valence-corrected chi connectivity index (χ3v) is 3.31. The molecule has 0 fully saturated rings. The molecule has 0 atom stereocenters. The van der Waals surface area contributed by atoms with Gasteiger partial charge in [-0.3, -0.25) is 0 Å². The number of hydrogen-bond donors (Lipinski definition) is 1. The van der Waals surface area contributed by atoms with E-state index in [9.17, 15) is 0 Å². The third kappa shape index (κ3) is 2.47. The lowest BCUT2D eigenvalue weighted by molar-refractivity contribution is 0.185. The first-order valence-electron chi connectivity index (χ1n) is 5.06. The first-order valence-corrected chi connectivity index (χ1v) is 5.88. The van der Waals surface area contributed by atoms with Crippen LogP contribution >= 0.6 is 11.3 Å². The zero-order valence-corrected chi connectivity index (χ0v) is 9.96. The van der Waals surface area contributed by atoms with Crippen LogP contribution in [0.15, 0.2) is 30.5 Å². The highest BCUT2D eigenvalue weighted by Gasteiger charge is 2.04. The third-order valence-electron chi connectivity index (χ3n) is 2.24. The van der Waals surface area contributed by atoms with Crippen molar-refractivity contribution in [2.75, 3.05) is 7.11 Å². The molecular formula is C12H14N2OS. The second kappa shape index (κ2) is 5.21. The molecule has 0 amide bonds. The minimum absolute atomic E-state index is 0.551. The van der Waals surface area contributed by atoms with Crippen LogP contribution in [-0.4, -0.2) is 12.1 Å². The van der Waals surface area contributed by atoms with Gasteiger partial charge in [0.25, 0.3) is 0 Å². The highest BCUT2D eigenvalue weighted by atomic mass is 32.1. The summed E-state index contributed by atoms with van der Waals surface area (Å²) < 4.78 is 5.11. The molecule has 1 aromatic heterocycles. The monoisotopic (exact) mass is 234 g/mol. The molecular weight excluding hydrogens is 220 g/mol. The molecule has 0 aliphatic rings. The maximum atomic E-state index is 5.57. The molecule has 0 aliphatic carbocycles. The summed E-state index contributed by atoms with van der Waals surface area (Å²) in [6.07, 6.45) is 1.84. The number of rotatable bonds is 4. The first-order chi connectivity index (χ1) is 7.83. The lowest BCUT2D eigenvalue weighted by Gasteiger charge is -2.01. The van der Waals surface area contributed by atoms with Gasteiger partial charge >= 0.3 is 0 Å². The highest BCUT2D eigenvalue weighted by Crippen LogP contribution is 2.25. The summed E-state index contributed by atoms with van der Waals surface area (Å²) in [5.41, 5.74) is 7.85. The van der Waals surface area contributed by atoms with E-state index in [1.54, 1.807) is 18.4 Å². The second-order valence-electron chi connectivity index (χ2n) is 3.47. The zero-order chi connectivity index (χ0) is 11.4. The first kappa shape index (κ1) is 11.3. The predicted octanol–water partition coefficient (Wildman–Crippen LogP) is 2.42. The summed E-state index contributed by atoms with van der Waals surface area (Å²) in [6, 6.07) is 8.22. The molecule has 16 heavy (non-hydrogen) atoms. The van der Waals surface area contributed by atoms with Crippen LogP contribution in [0.1, 0.15) is 10.4 Å². The van der Waals surface area contributed by atoms with Crippen LogP contribution in [-0.2, 0) is 17.9 Å². The standard InChI is InChI=1S/C12H14N2OS/c1-15-8-9-3-2-4-10(5-9)12-14-7-11(6-13)16-12/h2-5,7H,6,8,13H2,1H3. The average molecular weight is 234 g/mol. The fourth-order valence-corrected chi connectivity index (χ4v) is 2.28. The van der Waals surface area contributed by atoms with E-state index in [-0.39, 0.29) is 0 Å².